The van der Waals surface area contributed by atoms with Crippen LogP contribution in [0.5, 0.6) is 5.88 Å². The molecule has 1 saturated heterocycles. The molecule has 0 aliphatic carbocycles. The van der Waals surface area contributed by atoms with Gasteiger partial charge < -0.3 is 15.0 Å². The Morgan fingerprint density at radius 2 is 1.92 bits per heavy atom. The molecule has 132 valence electrons. The second kappa shape index (κ2) is 7.96. The van der Waals surface area contributed by atoms with Crippen molar-refractivity contribution < 1.29 is 9.53 Å². The zero-order valence-electron chi connectivity index (χ0n) is 14.7. The summed E-state index contributed by atoms with van der Waals surface area (Å²) in [5.41, 5.74) is 0.703. The molecule has 25 heavy (non-hydrogen) atoms. The van der Waals surface area contributed by atoms with Crippen LogP contribution in [0.15, 0.2) is 42.7 Å². The molecule has 1 aliphatic rings. The fourth-order valence-corrected chi connectivity index (χ4v) is 2.90. The van der Waals surface area contributed by atoms with E-state index >= 15 is 0 Å². The molecule has 0 spiro atoms. The van der Waals surface area contributed by atoms with Gasteiger partial charge in [-0.2, -0.15) is 4.98 Å². The van der Waals surface area contributed by atoms with Crippen molar-refractivity contribution in [2.24, 2.45) is 0 Å². The number of ether oxygens (including phenoxy) is 1. The number of anilines is 1. The topological polar surface area (TPSA) is 67.3 Å². The van der Waals surface area contributed by atoms with Crippen LogP contribution < -0.4 is 15.0 Å². The lowest BCUT2D eigenvalue weighted by atomic mass is 10.0. The molecular weight excluding hydrogens is 316 g/mol. The number of aromatic nitrogens is 2. The summed E-state index contributed by atoms with van der Waals surface area (Å²) >= 11 is 0. The van der Waals surface area contributed by atoms with Crippen LogP contribution in [0.2, 0.25) is 0 Å². The minimum Gasteiger partial charge on any atom is -0.474 e. The van der Waals surface area contributed by atoms with Gasteiger partial charge in [-0.25, -0.2) is 0 Å². The van der Waals surface area contributed by atoms with Gasteiger partial charge in [-0.3, -0.25) is 9.78 Å². The van der Waals surface area contributed by atoms with Gasteiger partial charge in [-0.1, -0.05) is 18.2 Å². The SMILES string of the molecule is CC(C)Oc1cncc(N2CCC(NC(=O)c3ccccc3)CC2)n1. The Hall–Kier alpha value is -2.63. The van der Waals surface area contributed by atoms with Crippen molar-refractivity contribution in [3.8, 4) is 5.88 Å². The molecule has 3 rings (SSSR count). The van der Waals surface area contributed by atoms with Crippen molar-refractivity contribution in [2.45, 2.75) is 38.8 Å². The maximum absolute atomic E-state index is 12.2. The molecule has 1 amide bonds. The quantitative estimate of drug-likeness (QED) is 0.906. The highest BCUT2D eigenvalue weighted by Gasteiger charge is 2.22. The van der Waals surface area contributed by atoms with Gasteiger partial charge in [0.05, 0.1) is 18.5 Å². The van der Waals surface area contributed by atoms with Gasteiger partial charge in [0.25, 0.3) is 5.91 Å². The smallest absolute Gasteiger partial charge is 0.251 e. The van der Waals surface area contributed by atoms with Gasteiger partial charge in [0.1, 0.15) is 0 Å². The van der Waals surface area contributed by atoms with E-state index in [4.69, 9.17) is 4.74 Å². The standard InChI is InChI=1S/C19H24N4O2/c1-14(2)25-18-13-20-12-17(22-18)23-10-8-16(9-11-23)21-19(24)15-6-4-3-5-7-15/h3-7,12-14,16H,8-11H2,1-2H3,(H,21,24). The monoisotopic (exact) mass is 340 g/mol. The first-order chi connectivity index (χ1) is 12.1. The van der Waals surface area contributed by atoms with E-state index in [9.17, 15) is 4.79 Å². The van der Waals surface area contributed by atoms with Crippen molar-refractivity contribution in [3.63, 3.8) is 0 Å². The Morgan fingerprint density at radius 1 is 1.20 bits per heavy atom. The molecule has 1 aromatic carbocycles. The predicted octanol–water partition coefficient (Wildman–Crippen LogP) is 2.66. The number of amides is 1. The molecule has 0 radical (unpaired) electrons. The summed E-state index contributed by atoms with van der Waals surface area (Å²) in [5.74, 6) is 1.36. The van der Waals surface area contributed by atoms with E-state index in [1.165, 1.54) is 0 Å². The first-order valence-corrected chi connectivity index (χ1v) is 8.71. The number of rotatable bonds is 5. The Bertz CT molecular complexity index is 698. The number of nitrogens with one attached hydrogen (secondary N) is 1. The fourth-order valence-electron chi connectivity index (χ4n) is 2.90. The first-order valence-electron chi connectivity index (χ1n) is 8.71. The molecule has 1 fully saturated rings. The molecular formula is C19H24N4O2. The summed E-state index contributed by atoms with van der Waals surface area (Å²) in [5, 5.41) is 3.12. The average molecular weight is 340 g/mol. The lowest BCUT2D eigenvalue weighted by molar-refractivity contribution is 0.0931. The lowest BCUT2D eigenvalue weighted by Gasteiger charge is -2.33. The van der Waals surface area contributed by atoms with Crippen LogP contribution in [0.1, 0.15) is 37.0 Å². The maximum atomic E-state index is 12.2. The summed E-state index contributed by atoms with van der Waals surface area (Å²) in [7, 11) is 0. The largest absolute Gasteiger partial charge is 0.474 e. The van der Waals surface area contributed by atoms with Crippen molar-refractivity contribution in [3.05, 3.63) is 48.3 Å². The highest BCUT2D eigenvalue weighted by atomic mass is 16.5. The zero-order chi connectivity index (χ0) is 17.6. The molecule has 1 aromatic heterocycles. The number of benzene rings is 1. The Kier molecular flexibility index (Phi) is 5.48. The van der Waals surface area contributed by atoms with E-state index in [1.54, 1.807) is 12.4 Å². The number of carbonyl (C=O) groups excluding carboxylic acids is 1. The summed E-state index contributed by atoms with van der Waals surface area (Å²) in [6, 6.07) is 9.52. The third-order valence-electron chi connectivity index (χ3n) is 4.15. The van der Waals surface area contributed by atoms with Crippen LogP contribution in [0.25, 0.3) is 0 Å². The van der Waals surface area contributed by atoms with Gasteiger partial charge >= 0.3 is 0 Å². The van der Waals surface area contributed by atoms with E-state index in [-0.39, 0.29) is 18.1 Å². The molecule has 0 saturated carbocycles. The van der Waals surface area contributed by atoms with Crippen LogP contribution in [0.3, 0.4) is 0 Å². The number of hydrogen-bond donors (Lipinski definition) is 1. The van der Waals surface area contributed by atoms with E-state index in [1.807, 2.05) is 44.2 Å². The van der Waals surface area contributed by atoms with Crippen LogP contribution >= 0.6 is 0 Å². The van der Waals surface area contributed by atoms with Crippen LogP contribution in [-0.4, -0.2) is 41.1 Å². The summed E-state index contributed by atoms with van der Waals surface area (Å²) in [6.07, 6.45) is 5.24. The van der Waals surface area contributed by atoms with Crippen molar-refractivity contribution >= 4 is 11.7 Å². The molecule has 0 atom stereocenters. The zero-order valence-corrected chi connectivity index (χ0v) is 14.7. The third kappa shape index (κ3) is 4.68. The molecule has 0 bridgehead atoms. The number of nitrogens with zero attached hydrogens (tertiary/aromatic N) is 3. The van der Waals surface area contributed by atoms with E-state index in [0.717, 1.165) is 31.7 Å². The summed E-state index contributed by atoms with van der Waals surface area (Å²) in [4.78, 5) is 23.2. The van der Waals surface area contributed by atoms with Gasteiger partial charge in [0.2, 0.25) is 5.88 Å². The molecule has 1 aliphatic heterocycles. The molecule has 2 heterocycles. The number of hydrogen-bond acceptors (Lipinski definition) is 5. The van der Waals surface area contributed by atoms with E-state index in [2.05, 4.69) is 20.2 Å². The third-order valence-corrected chi connectivity index (χ3v) is 4.15. The molecule has 6 nitrogen and oxygen atoms in total. The number of carbonyl (C=O) groups is 1. The second-order valence-corrected chi connectivity index (χ2v) is 6.48. The van der Waals surface area contributed by atoms with Gasteiger partial charge in [0, 0.05) is 24.7 Å². The van der Waals surface area contributed by atoms with Crippen LogP contribution in [-0.2, 0) is 0 Å². The van der Waals surface area contributed by atoms with Crippen molar-refractivity contribution in [1.82, 2.24) is 15.3 Å². The molecule has 0 unspecified atom stereocenters. The number of piperidine rings is 1. The average Bonchev–Trinajstić information content (AvgIpc) is 2.63. The first kappa shape index (κ1) is 17.2. The minimum absolute atomic E-state index is 0.00817. The Labute approximate surface area is 148 Å². The predicted molar refractivity (Wildman–Crippen MR) is 96.9 cm³/mol. The highest BCUT2D eigenvalue weighted by Crippen LogP contribution is 2.20. The van der Waals surface area contributed by atoms with Crippen LogP contribution in [0.4, 0.5) is 5.82 Å². The Morgan fingerprint density at radius 3 is 2.60 bits per heavy atom. The van der Waals surface area contributed by atoms with E-state index < -0.39 is 0 Å². The summed E-state index contributed by atoms with van der Waals surface area (Å²) in [6.45, 7) is 5.60. The lowest BCUT2D eigenvalue weighted by Crippen LogP contribution is -2.45. The molecule has 2 aromatic rings. The van der Waals surface area contributed by atoms with Crippen molar-refractivity contribution in [2.75, 3.05) is 18.0 Å². The Balaban J connectivity index is 1.54. The van der Waals surface area contributed by atoms with Crippen molar-refractivity contribution in [1.29, 1.82) is 0 Å². The van der Waals surface area contributed by atoms with Gasteiger partial charge in [0.15, 0.2) is 5.82 Å². The minimum atomic E-state index is -0.00817. The van der Waals surface area contributed by atoms with E-state index in [0.29, 0.717) is 11.4 Å². The second-order valence-electron chi connectivity index (χ2n) is 6.48. The molecule has 6 heteroatoms. The normalized spacial score (nSPS) is 15.2. The highest BCUT2D eigenvalue weighted by molar-refractivity contribution is 5.94. The van der Waals surface area contributed by atoms with Gasteiger partial charge in [-0.15, -0.1) is 0 Å². The van der Waals surface area contributed by atoms with Crippen LogP contribution in [0, 0.1) is 0 Å². The molecule has 1 N–H and O–H groups in total. The summed E-state index contributed by atoms with van der Waals surface area (Å²) < 4.78 is 5.61. The van der Waals surface area contributed by atoms with Gasteiger partial charge in [-0.05, 0) is 38.8 Å². The fraction of sp³-hybridized carbons (Fsp3) is 0.421. The maximum Gasteiger partial charge on any atom is 0.251 e.